The van der Waals surface area contributed by atoms with E-state index in [1.165, 1.54) is 11.8 Å². The first-order valence-electron chi connectivity index (χ1n) is 6.82. The molecule has 0 aliphatic carbocycles. The van der Waals surface area contributed by atoms with Gasteiger partial charge in [0.25, 0.3) is 0 Å². The number of primary amides is 1. The Kier molecular flexibility index (Phi) is 4.00. The molecule has 0 bridgehead atoms. The third-order valence-corrected chi connectivity index (χ3v) is 4.55. The molecule has 0 saturated carbocycles. The number of hydrogen-bond donors (Lipinski definition) is 2. The van der Waals surface area contributed by atoms with Gasteiger partial charge in [0, 0.05) is 17.0 Å². The number of rotatable bonds is 4. The summed E-state index contributed by atoms with van der Waals surface area (Å²) in [6.45, 7) is 0. The molecular formula is C17H14N2O2S. The third kappa shape index (κ3) is 2.91. The molecule has 0 fully saturated rings. The normalized spacial score (nSPS) is 14.3. The number of thioether (sulfide) groups is 1. The van der Waals surface area contributed by atoms with Crippen molar-refractivity contribution < 1.29 is 9.59 Å². The molecule has 0 atom stereocenters. The molecule has 0 radical (unpaired) electrons. The molecule has 0 saturated heterocycles. The molecule has 5 heteroatoms. The zero-order valence-electron chi connectivity index (χ0n) is 11.8. The molecule has 3 rings (SSSR count). The molecule has 1 heterocycles. The molecule has 2 aromatic rings. The lowest BCUT2D eigenvalue weighted by atomic mass is 10.1. The number of anilines is 1. The lowest BCUT2D eigenvalue weighted by Gasteiger charge is -2.10. The van der Waals surface area contributed by atoms with Crippen LogP contribution in [0.2, 0.25) is 0 Å². The van der Waals surface area contributed by atoms with E-state index >= 15 is 0 Å². The monoisotopic (exact) mass is 310 g/mol. The first-order chi connectivity index (χ1) is 10.7. The molecule has 110 valence electrons. The van der Waals surface area contributed by atoms with Crippen LogP contribution in [-0.4, -0.2) is 17.6 Å². The van der Waals surface area contributed by atoms with Gasteiger partial charge in [0.2, 0.25) is 5.91 Å². The molecular weight excluding hydrogens is 296 g/mol. The summed E-state index contributed by atoms with van der Waals surface area (Å²) >= 11 is 1.49. The summed E-state index contributed by atoms with van der Waals surface area (Å²) in [5, 5.41) is 6.37. The highest BCUT2D eigenvalue weighted by Crippen LogP contribution is 2.36. The molecule has 22 heavy (non-hydrogen) atoms. The summed E-state index contributed by atoms with van der Waals surface area (Å²) in [6, 6.07) is 14.1. The van der Waals surface area contributed by atoms with Crippen LogP contribution in [0.5, 0.6) is 0 Å². The van der Waals surface area contributed by atoms with Gasteiger partial charge in [-0.15, -0.1) is 11.8 Å². The molecule has 2 aromatic carbocycles. The summed E-state index contributed by atoms with van der Waals surface area (Å²) in [4.78, 5) is 22.2. The summed E-state index contributed by atoms with van der Waals surface area (Å²) in [6.07, 6.45) is 0.0491. The Morgan fingerprint density at radius 3 is 2.73 bits per heavy atom. The summed E-state index contributed by atoms with van der Waals surface area (Å²) in [5.41, 5.74) is 7.34. The number of benzene rings is 2. The summed E-state index contributed by atoms with van der Waals surface area (Å²) < 4.78 is 0. The maximum absolute atomic E-state index is 11.2. The van der Waals surface area contributed by atoms with Crippen molar-refractivity contribution in [3.63, 3.8) is 0 Å². The second kappa shape index (κ2) is 6.10. The number of nitrogens with two attached hydrogens (primary N) is 1. The number of fused-ring (bicyclic) bond motifs is 1. The van der Waals surface area contributed by atoms with Crippen LogP contribution in [0.4, 0.5) is 5.69 Å². The number of carbonyl (C=O) groups is 1. The van der Waals surface area contributed by atoms with E-state index in [-0.39, 0.29) is 6.42 Å². The minimum Gasteiger partial charge on any atom is -0.369 e. The van der Waals surface area contributed by atoms with Gasteiger partial charge in [-0.25, -0.2) is 4.79 Å². The zero-order valence-corrected chi connectivity index (χ0v) is 12.6. The molecule has 0 unspecified atom stereocenters. The van der Waals surface area contributed by atoms with Gasteiger partial charge >= 0.3 is 0 Å². The Bertz CT molecular complexity index is 835. The van der Waals surface area contributed by atoms with Gasteiger partial charge < -0.3 is 11.1 Å². The Hall–Kier alpha value is -2.49. The van der Waals surface area contributed by atoms with E-state index in [0.717, 1.165) is 21.5 Å². The Morgan fingerprint density at radius 1 is 1.23 bits per heavy atom. The van der Waals surface area contributed by atoms with Crippen molar-refractivity contribution in [3.8, 4) is 0 Å². The van der Waals surface area contributed by atoms with Crippen molar-refractivity contribution in [2.24, 2.45) is 5.73 Å². The second-order valence-corrected chi connectivity index (χ2v) is 5.99. The fourth-order valence-electron chi connectivity index (χ4n) is 2.42. The maximum atomic E-state index is 11.2. The van der Waals surface area contributed by atoms with E-state index in [0.29, 0.717) is 16.9 Å². The van der Waals surface area contributed by atoms with Gasteiger partial charge in [0.05, 0.1) is 17.0 Å². The van der Waals surface area contributed by atoms with E-state index in [2.05, 4.69) is 11.4 Å². The quantitative estimate of drug-likeness (QED) is 0.852. The van der Waals surface area contributed by atoms with Crippen LogP contribution < -0.4 is 11.1 Å². The zero-order chi connectivity index (χ0) is 15.5. The number of amides is 1. The lowest BCUT2D eigenvalue weighted by molar-refractivity contribution is -0.117. The van der Waals surface area contributed by atoms with E-state index in [1.54, 1.807) is 0 Å². The molecule has 4 nitrogen and oxygen atoms in total. The Morgan fingerprint density at radius 2 is 2.00 bits per heavy atom. The van der Waals surface area contributed by atoms with Crippen molar-refractivity contribution in [1.82, 2.24) is 0 Å². The minimum atomic E-state index is -0.455. The molecule has 0 aromatic heterocycles. The topological polar surface area (TPSA) is 72.2 Å². The largest absolute Gasteiger partial charge is 0.369 e. The third-order valence-electron chi connectivity index (χ3n) is 3.48. The SMILES string of the molecule is NC(=O)CC1=C(Nc2ccc3ccccc3c2)SCC1=C=O. The van der Waals surface area contributed by atoms with Gasteiger partial charge in [-0.05, 0) is 22.9 Å². The van der Waals surface area contributed by atoms with Crippen LogP contribution in [0.3, 0.4) is 0 Å². The fraction of sp³-hybridized carbons (Fsp3) is 0.118. The van der Waals surface area contributed by atoms with Crippen LogP contribution in [0.25, 0.3) is 10.8 Å². The first kappa shape index (κ1) is 14.4. The van der Waals surface area contributed by atoms with Gasteiger partial charge in [-0.3, -0.25) is 4.79 Å². The van der Waals surface area contributed by atoms with Crippen LogP contribution in [0, 0.1) is 0 Å². The minimum absolute atomic E-state index is 0.0491. The van der Waals surface area contributed by atoms with E-state index in [1.807, 2.05) is 42.3 Å². The van der Waals surface area contributed by atoms with Crippen LogP contribution in [0.1, 0.15) is 6.42 Å². The summed E-state index contributed by atoms with van der Waals surface area (Å²) in [5.74, 6) is 1.97. The van der Waals surface area contributed by atoms with Crippen LogP contribution in [-0.2, 0) is 9.59 Å². The highest BCUT2D eigenvalue weighted by molar-refractivity contribution is 8.03. The van der Waals surface area contributed by atoms with E-state index in [9.17, 15) is 9.59 Å². The number of hydrogen-bond acceptors (Lipinski definition) is 4. The molecule has 3 N–H and O–H groups in total. The lowest BCUT2D eigenvalue weighted by Crippen LogP contribution is -2.13. The van der Waals surface area contributed by atoms with Crippen molar-refractivity contribution >= 4 is 40.1 Å². The predicted octanol–water partition coefficient (Wildman–Crippen LogP) is 2.84. The first-order valence-corrected chi connectivity index (χ1v) is 7.80. The average molecular weight is 310 g/mol. The maximum Gasteiger partial charge on any atom is 0.221 e. The van der Waals surface area contributed by atoms with Crippen LogP contribution >= 0.6 is 11.8 Å². The molecule has 1 aliphatic rings. The highest BCUT2D eigenvalue weighted by atomic mass is 32.2. The van der Waals surface area contributed by atoms with Crippen molar-refractivity contribution in [1.29, 1.82) is 0 Å². The van der Waals surface area contributed by atoms with Gasteiger partial charge in [-0.2, -0.15) is 0 Å². The van der Waals surface area contributed by atoms with Gasteiger partial charge in [0.1, 0.15) is 5.94 Å². The Balaban J connectivity index is 1.95. The van der Waals surface area contributed by atoms with E-state index < -0.39 is 5.91 Å². The average Bonchev–Trinajstić information content (AvgIpc) is 2.88. The predicted molar refractivity (Wildman–Crippen MR) is 90.1 cm³/mol. The molecule has 1 aliphatic heterocycles. The smallest absolute Gasteiger partial charge is 0.221 e. The van der Waals surface area contributed by atoms with Gasteiger partial charge in [-0.1, -0.05) is 30.3 Å². The van der Waals surface area contributed by atoms with Crippen molar-refractivity contribution in [2.45, 2.75) is 6.42 Å². The van der Waals surface area contributed by atoms with Crippen molar-refractivity contribution in [3.05, 3.63) is 58.6 Å². The highest BCUT2D eigenvalue weighted by Gasteiger charge is 2.23. The fourth-order valence-corrected chi connectivity index (χ4v) is 3.50. The number of nitrogens with one attached hydrogen (secondary N) is 1. The second-order valence-electron chi connectivity index (χ2n) is 5.01. The van der Waals surface area contributed by atoms with E-state index in [4.69, 9.17) is 5.73 Å². The molecule has 1 amide bonds. The van der Waals surface area contributed by atoms with Crippen LogP contribution in [0.15, 0.2) is 58.6 Å². The van der Waals surface area contributed by atoms with Crippen molar-refractivity contribution in [2.75, 3.05) is 11.1 Å². The Labute approximate surface area is 132 Å². The number of carbonyl (C=O) groups excluding carboxylic acids is 2. The van der Waals surface area contributed by atoms with Gasteiger partial charge in [0.15, 0.2) is 0 Å². The standard InChI is InChI=1S/C17H14N2O2S/c18-16(21)8-15-13(9-20)10-22-17(15)19-14-6-5-11-3-1-2-4-12(11)7-14/h1-7,19H,8,10H2,(H2,18,21). The summed E-state index contributed by atoms with van der Waals surface area (Å²) in [7, 11) is 0. The molecule has 0 spiro atoms.